The molecule has 0 spiro atoms. The monoisotopic (exact) mass is 481 g/mol. The van der Waals surface area contributed by atoms with Gasteiger partial charge >= 0.3 is 0 Å². The molecule has 34 heavy (non-hydrogen) atoms. The Morgan fingerprint density at radius 1 is 1.03 bits per heavy atom. The average molecular weight is 482 g/mol. The van der Waals surface area contributed by atoms with Crippen LogP contribution in [0.25, 0.3) is 0 Å². The third-order valence-corrected chi connectivity index (χ3v) is 5.84. The first kappa shape index (κ1) is 23.4. The van der Waals surface area contributed by atoms with Crippen molar-refractivity contribution in [3.05, 3.63) is 75.7 Å². The van der Waals surface area contributed by atoms with E-state index in [1.165, 1.54) is 7.11 Å². The highest BCUT2D eigenvalue weighted by molar-refractivity contribution is 6.30. The molecule has 4 rings (SSSR count). The molecule has 2 N–H and O–H groups in total. The smallest absolute Gasteiger partial charge is 0.291 e. The van der Waals surface area contributed by atoms with Crippen LogP contribution >= 0.6 is 11.6 Å². The van der Waals surface area contributed by atoms with Crippen molar-refractivity contribution in [3.63, 3.8) is 0 Å². The molecule has 1 heterocycles. The molecule has 0 aliphatic heterocycles. The maximum absolute atomic E-state index is 13.1. The van der Waals surface area contributed by atoms with Gasteiger partial charge in [-0.1, -0.05) is 11.6 Å². The molecule has 2 aromatic carbocycles. The van der Waals surface area contributed by atoms with Gasteiger partial charge in [-0.3, -0.25) is 9.59 Å². The summed E-state index contributed by atoms with van der Waals surface area (Å²) in [6, 6.07) is 11.7. The molecule has 0 radical (unpaired) electrons. The van der Waals surface area contributed by atoms with Gasteiger partial charge in [0.05, 0.1) is 25.6 Å². The minimum atomic E-state index is -0.414. The lowest BCUT2D eigenvalue weighted by molar-refractivity contribution is 0.0953. The van der Waals surface area contributed by atoms with E-state index in [0.29, 0.717) is 57.6 Å². The van der Waals surface area contributed by atoms with E-state index in [9.17, 15) is 9.59 Å². The van der Waals surface area contributed by atoms with Crippen LogP contribution in [0, 0.1) is 6.92 Å². The number of anilines is 1. The van der Waals surface area contributed by atoms with Crippen LogP contribution in [0.15, 0.2) is 52.0 Å². The molecule has 8 nitrogen and oxygen atoms in total. The van der Waals surface area contributed by atoms with Gasteiger partial charge < -0.3 is 19.2 Å². The predicted molar refractivity (Wildman–Crippen MR) is 129 cm³/mol. The Labute approximate surface area is 201 Å². The molecule has 9 heteroatoms. The first-order valence-electron chi connectivity index (χ1n) is 10.7. The zero-order valence-corrected chi connectivity index (χ0v) is 19.8. The van der Waals surface area contributed by atoms with Crippen LogP contribution in [-0.4, -0.2) is 31.7 Å². The SMILES string of the molecule is COc1ccc(OC)c(NC(=O)c2oc3c(c2C)/C(=N/NC(=O)c2ccc(Cl)cc2)CCC3)c1. The second-order valence-electron chi connectivity index (χ2n) is 7.73. The molecule has 2 amide bonds. The number of hydrazone groups is 1. The summed E-state index contributed by atoms with van der Waals surface area (Å²) in [5.41, 5.74) is 5.59. The lowest BCUT2D eigenvalue weighted by atomic mass is 9.93. The van der Waals surface area contributed by atoms with Gasteiger partial charge in [-0.25, -0.2) is 5.43 Å². The van der Waals surface area contributed by atoms with Crippen molar-refractivity contribution < 1.29 is 23.5 Å². The number of aryl methyl sites for hydroxylation is 1. The number of hydrogen-bond donors (Lipinski definition) is 2. The molecular weight excluding hydrogens is 458 g/mol. The number of furan rings is 1. The molecule has 3 aromatic rings. The van der Waals surface area contributed by atoms with Crippen LogP contribution in [0.3, 0.4) is 0 Å². The minimum Gasteiger partial charge on any atom is -0.497 e. The second kappa shape index (κ2) is 10.0. The van der Waals surface area contributed by atoms with Gasteiger partial charge in [0.25, 0.3) is 11.8 Å². The number of nitrogens with zero attached hydrogens (tertiary/aromatic N) is 1. The number of methoxy groups -OCH3 is 2. The van der Waals surface area contributed by atoms with Crippen LogP contribution in [-0.2, 0) is 6.42 Å². The summed E-state index contributed by atoms with van der Waals surface area (Å²) in [5, 5.41) is 7.73. The fourth-order valence-corrected chi connectivity index (χ4v) is 4.00. The van der Waals surface area contributed by atoms with Crippen LogP contribution in [0.2, 0.25) is 5.02 Å². The van der Waals surface area contributed by atoms with Crippen molar-refractivity contribution in [2.75, 3.05) is 19.5 Å². The molecule has 0 fully saturated rings. The largest absolute Gasteiger partial charge is 0.497 e. The van der Waals surface area contributed by atoms with Gasteiger partial charge in [0.2, 0.25) is 0 Å². The molecule has 1 aromatic heterocycles. The van der Waals surface area contributed by atoms with Crippen LogP contribution < -0.4 is 20.2 Å². The molecule has 0 bridgehead atoms. The summed E-state index contributed by atoms with van der Waals surface area (Å²) in [6.07, 6.45) is 2.12. The lowest BCUT2D eigenvalue weighted by Crippen LogP contribution is -2.22. The number of fused-ring (bicyclic) bond motifs is 1. The Bertz CT molecular complexity index is 1260. The van der Waals surface area contributed by atoms with Gasteiger partial charge in [0.1, 0.15) is 17.3 Å². The highest BCUT2D eigenvalue weighted by Gasteiger charge is 2.28. The van der Waals surface area contributed by atoms with Crippen molar-refractivity contribution in [1.29, 1.82) is 0 Å². The maximum Gasteiger partial charge on any atom is 0.291 e. The standard InChI is InChI=1S/C25H24ClN3O5/c1-14-22-18(28-29-24(30)15-7-9-16(26)10-8-15)5-4-6-21(22)34-23(14)25(31)27-19-13-17(32-2)11-12-20(19)33-3/h7-13H,4-6H2,1-3H3,(H,27,31)(H,29,30)/b28-18+. The molecule has 176 valence electrons. The zero-order chi connectivity index (χ0) is 24.2. The molecule has 0 atom stereocenters. The third kappa shape index (κ3) is 4.77. The fraction of sp³-hybridized carbons (Fsp3) is 0.240. The molecule has 0 saturated heterocycles. The Kier molecular flexibility index (Phi) is 6.88. The summed E-state index contributed by atoms with van der Waals surface area (Å²) in [7, 11) is 3.07. The molecule has 0 saturated carbocycles. The summed E-state index contributed by atoms with van der Waals surface area (Å²) in [5.74, 6) is 1.18. The van der Waals surface area contributed by atoms with Crippen LogP contribution in [0.5, 0.6) is 11.5 Å². The Balaban J connectivity index is 1.58. The van der Waals surface area contributed by atoms with E-state index in [-0.39, 0.29) is 11.7 Å². The predicted octanol–water partition coefficient (Wildman–Crippen LogP) is 4.98. The number of amides is 2. The number of rotatable bonds is 6. The van der Waals surface area contributed by atoms with E-state index in [1.807, 2.05) is 6.92 Å². The van der Waals surface area contributed by atoms with Crippen molar-refractivity contribution >= 4 is 34.8 Å². The number of carbonyl (C=O) groups is 2. The number of hydrogen-bond acceptors (Lipinski definition) is 6. The van der Waals surface area contributed by atoms with Gasteiger partial charge in [0.15, 0.2) is 5.76 Å². The van der Waals surface area contributed by atoms with Crippen molar-refractivity contribution in [1.82, 2.24) is 5.43 Å². The Morgan fingerprint density at radius 3 is 2.50 bits per heavy atom. The van der Waals surface area contributed by atoms with E-state index >= 15 is 0 Å². The maximum atomic E-state index is 13.1. The molecule has 1 aliphatic rings. The van der Waals surface area contributed by atoms with Gasteiger partial charge in [-0.15, -0.1) is 0 Å². The summed E-state index contributed by atoms with van der Waals surface area (Å²) < 4.78 is 16.5. The highest BCUT2D eigenvalue weighted by Crippen LogP contribution is 2.33. The number of benzene rings is 2. The van der Waals surface area contributed by atoms with E-state index in [0.717, 1.165) is 12.0 Å². The van der Waals surface area contributed by atoms with E-state index < -0.39 is 5.91 Å². The first-order chi connectivity index (χ1) is 16.4. The van der Waals surface area contributed by atoms with E-state index in [1.54, 1.807) is 49.6 Å². The van der Waals surface area contributed by atoms with Crippen molar-refractivity contribution in [2.45, 2.75) is 26.2 Å². The van der Waals surface area contributed by atoms with Crippen molar-refractivity contribution in [3.8, 4) is 11.5 Å². The minimum absolute atomic E-state index is 0.188. The quantitative estimate of drug-likeness (QED) is 0.483. The summed E-state index contributed by atoms with van der Waals surface area (Å²) >= 11 is 5.88. The lowest BCUT2D eigenvalue weighted by Gasteiger charge is -2.13. The zero-order valence-electron chi connectivity index (χ0n) is 19.0. The number of halogens is 1. The van der Waals surface area contributed by atoms with Crippen LogP contribution in [0.4, 0.5) is 5.69 Å². The van der Waals surface area contributed by atoms with E-state index in [4.69, 9.17) is 25.5 Å². The highest BCUT2D eigenvalue weighted by atomic mass is 35.5. The fourth-order valence-electron chi connectivity index (χ4n) is 3.87. The molecule has 1 aliphatic carbocycles. The first-order valence-corrected chi connectivity index (χ1v) is 11.1. The summed E-state index contributed by atoms with van der Waals surface area (Å²) in [4.78, 5) is 25.5. The van der Waals surface area contributed by atoms with Crippen molar-refractivity contribution in [2.24, 2.45) is 5.10 Å². The van der Waals surface area contributed by atoms with Gasteiger partial charge in [-0.05, 0) is 56.2 Å². The topological polar surface area (TPSA) is 102 Å². The third-order valence-electron chi connectivity index (χ3n) is 5.59. The number of ether oxygens (including phenoxy) is 2. The Hall–Kier alpha value is -3.78. The van der Waals surface area contributed by atoms with Gasteiger partial charge in [0, 0.05) is 34.2 Å². The van der Waals surface area contributed by atoms with Gasteiger partial charge in [-0.2, -0.15) is 5.10 Å². The normalized spacial score (nSPS) is 13.8. The van der Waals surface area contributed by atoms with Crippen LogP contribution in [0.1, 0.15) is 50.6 Å². The second-order valence-corrected chi connectivity index (χ2v) is 8.17. The Morgan fingerprint density at radius 2 is 1.79 bits per heavy atom. The summed E-state index contributed by atoms with van der Waals surface area (Å²) in [6.45, 7) is 1.81. The number of nitrogens with one attached hydrogen (secondary N) is 2. The average Bonchev–Trinajstić information content (AvgIpc) is 3.20. The molecular formula is C25H24ClN3O5. The number of carbonyl (C=O) groups excluding carboxylic acids is 2. The van der Waals surface area contributed by atoms with E-state index in [2.05, 4.69) is 15.8 Å². The molecule has 0 unspecified atom stereocenters.